The number of aliphatic hydroxyl groups excluding tert-OH is 2. The van der Waals surface area contributed by atoms with Crippen LogP contribution in [0.15, 0.2) is 0 Å². The van der Waals surface area contributed by atoms with E-state index in [1.165, 1.54) is 0 Å². The highest BCUT2D eigenvalue weighted by Gasteiger charge is 1.69. The third-order valence-corrected chi connectivity index (χ3v) is 0. The molecule has 0 radical (unpaired) electrons. The van der Waals surface area contributed by atoms with Gasteiger partial charge in [0.15, 0.2) is 0 Å². The number of hydrogen-bond acceptors (Lipinski definition) is 2. The molecule has 0 aromatic rings. The Hall–Kier alpha value is -0.0800. The summed E-state index contributed by atoms with van der Waals surface area (Å²) < 4.78 is 0. The second kappa shape index (κ2) is 30.7. The van der Waals surface area contributed by atoms with E-state index in [-0.39, 0.29) is 6.10 Å². The average molecular weight is 180 g/mol. The minimum Gasteiger partial charge on any atom is -0.400 e. The van der Waals surface area contributed by atoms with E-state index in [1.54, 1.807) is 13.8 Å². The van der Waals surface area contributed by atoms with Crippen molar-refractivity contribution in [3.8, 4) is 0 Å². The minimum atomic E-state index is -0.167. The normalized spacial score (nSPS) is 7.00. The lowest BCUT2D eigenvalue weighted by molar-refractivity contribution is 0.216. The number of hydrogen-bond donors (Lipinski definition) is 2. The zero-order chi connectivity index (χ0) is 11.2. The Bertz CT molecular complexity index is 23.3. The molecule has 0 aromatic heterocycles. The predicted octanol–water partition coefficient (Wildman–Crippen LogP) is 2.68. The zero-order valence-electron chi connectivity index (χ0n) is 10.0. The highest BCUT2D eigenvalue weighted by atomic mass is 16.3. The van der Waals surface area contributed by atoms with Gasteiger partial charge in [-0.3, -0.25) is 0 Å². The van der Waals surface area contributed by atoms with Crippen LogP contribution < -0.4 is 0 Å². The summed E-state index contributed by atoms with van der Waals surface area (Å²) in [6.07, 6.45) is -0.167. The zero-order valence-corrected chi connectivity index (χ0v) is 10.0. The second-order valence-corrected chi connectivity index (χ2v) is 2.83. The van der Waals surface area contributed by atoms with Crippen molar-refractivity contribution in [3.05, 3.63) is 0 Å². The Kier molecular flexibility index (Phi) is 57.9. The van der Waals surface area contributed by atoms with Crippen molar-refractivity contribution in [2.45, 2.75) is 54.6 Å². The van der Waals surface area contributed by atoms with Gasteiger partial charge in [0, 0.05) is 13.2 Å². The summed E-state index contributed by atoms with van der Waals surface area (Å²) >= 11 is 0. The first-order chi connectivity index (χ1) is 5.46. The van der Waals surface area contributed by atoms with Crippen LogP contribution in [-0.2, 0) is 0 Å². The smallest absolute Gasteiger partial charge is 0.0483 e. The summed E-state index contributed by atoms with van der Waals surface area (Å²) in [5.74, 6) is 0.833. The van der Waals surface area contributed by atoms with Gasteiger partial charge in [0.1, 0.15) is 0 Å². The lowest BCUT2D eigenvalue weighted by Gasteiger charge is -1.80. The molecule has 0 unspecified atom stereocenters. The third-order valence-electron chi connectivity index (χ3n) is 0. The fourth-order valence-corrected chi connectivity index (χ4v) is 0. The highest BCUT2D eigenvalue weighted by Crippen LogP contribution is 1.81. The molecule has 0 spiro atoms. The van der Waals surface area contributed by atoms with Crippen LogP contribution in [0.4, 0.5) is 0 Å². The maximum Gasteiger partial charge on any atom is 0.0483 e. The summed E-state index contributed by atoms with van der Waals surface area (Å²) in [7, 11) is 1.00. The van der Waals surface area contributed by atoms with Gasteiger partial charge >= 0.3 is 0 Å². The monoisotopic (exact) mass is 180 g/mol. The molecule has 0 aromatic carbocycles. The van der Waals surface area contributed by atoms with Gasteiger partial charge in [-0.05, 0) is 19.8 Å². The molecule has 12 heavy (non-hydrogen) atoms. The van der Waals surface area contributed by atoms with Gasteiger partial charge in [0.05, 0.1) is 0 Å². The maximum absolute atomic E-state index is 8.06. The lowest BCUT2D eigenvalue weighted by atomic mass is 10.3. The molecule has 80 valence electrons. The van der Waals surface area contributed by atoms with Crippen LogP contribution in [0.1, 0.15) is 48.5 Å². The Morgan fingerprint density at radius 2 is 0.750 bits per heavy atom. The van der Waals surface area contributed by atoms with Crippen molar-refractivity contribution in [2.24, 2.45) is 5.92 Å². The van der Waals surface area contributed by atoms with Crippen molar-refractivity contribution in [1.82, 2.24) is 0 Å². The van der Waals surface area contributed by atoms with Gasteiger partial charge < -0.3 is 10.2 Å². The summed E-state index contributed by atoms with van der Waals surface area (Å²) in [5, 5.41) is 15.1. The van der Waals surface area contributed by atoms with Crippen LogP contribution in [0.3, 0.4) is 0 Å². The van der Waals surface area contributed by atoms with Gasteiger partial charge in [-0.25, -0.2) is 0 Å². The standard InChI is InChI=1S/C4H10.C3H8O.C2H6.CH4O/c1-4(2)3;1-3(2)4;2*1-2/h4H,1-3H3;3-4H,1-2H3;1-2H3;2H,1H3. The quantitative estimate of drug-likeness (QED) is 0.601. The van der Waals surface area contributed by atoms with E-state index in [0.29, 0.717) is 0 Å². The topological polar surface area (TPSA) is 40.5 Å². The average Bonchev–Trinajstić information content (AvgIpc) is 1.93. The van der Waals surface area contributed by atoms with Gasteiger partial charge in [-0.2, -0.15) is 0 Å². The van der Waals surface area contributed by atoms with Crippen LogP contribution in [0.5, 0.6) is 0 Å². The van der Waals surface area contributed by atoms with E-state index in [2.05, 4.69) is 20.8 Å². The van der Waals surface area contributed by atoms with Gasteiger partial charge in [-0.15, -0.1) is 0 Å². The van der Waals surface area contributed by atoms with Crippen molar-refractivity contribution in [3.63, 3.8) is 0 Å². The van der Waals surface area contributed by atoms with Crippen molar-refractivity contribution in [1.29, 1.82) is 0 Å². The van der Waals surface area contributed by atoms with Crippen LogP contribution in [0.25, 0.3) is 0 Å². The molecule has 0 amide bonds. The van der Waals surface area contributed by atoms with E-state index < -0.39 is 0 Å². The van der Waals surface area contributed by atoms with Crippen LogP contribution in [-0.4, -0.2) is 23.4 Å². The van der Waals surface area contributed by atoms with Gasteiger partial charge in [0.2, 0.25) is 0 Å². The highest BCUT2D eigenvalue weighted by molar-refractivity contribution is 4.21. The summed E-state index contributed by atoms with van der Waals surface area (Å²) in [5.41, 5.74) is 0. The number of rotatable bonds is 0. The summed E-state index contributed by atoms with van der Waals surface area (Å²) in [6, 6.07) is 0. The molecule has 0 saturated carbocycles. The van der Waals surface area contributed by atoms with E-state index in [4.69, 9.17) is 10.2 Å². The van der Waals surface area contributed by atoms with E-state index in [9.17, 15) is 0 Å². The Morgan fingerprint density at radius 1 is 0.750 bits per heavy atom. The van der Waals surface area contributed by atoms with Gasteiger partial charge in [-0.1, -0.05) is 34.6 Å². The first-order valence-corrected chi connectivity index (χ1v) is 4.59. The molecule has 0 aliphatic carbocycles. The van der Waals surface area contributed by atoms with E-state index in [1.807, 2.05) is 13.8 Å². The first-order valence-electron chi connectivity index (χ1n) is 4.59. The van der Waals surface area contributed by atoms with Crippen LogP contribution in [0.2, 0.25) is 0 Å². The first kappa shape index (κ1) is 22.7. The van der Waals surface area contributed by atoms with Crippen LogP contribution in [0, 0.1) is 5.92 Å². The fraction of sp³-hybridized carbons (Fsp3) is 1.00. The molecule has 0 aliphatic rings. The number of aliphatic hydroxyl groups is 2. The molecule has 2 heteroatoms. The Labute approximate surface area is 78.6 Å². The van der Waals surface area contributed by atoms with Crippen LogP contribution >= 0.6 is 0 Å². The molecule has 0 bridgehead atoms. The molecule has 0 saturated heterocycles. The minimum absolute atomic E-state index is 0.167. The fourth-order valence-electron chi connectivity index (χ4n) is 0. The Morgan fingerprint density at radius 3 is 0.750 bits per heavy atom. The molecular weight excluding hydrogens is 152 g/mol. The molecule has 0 fully saturated rings. The van der Waals surface area contributed by atoms with Crippen molar-refractivity contribution >= 4 is 0 Å². The Balaban J connectivity index is -0.0000000380. The van der Waals surface area contributed by atoms with E-state index in [0.717, 1.165) is 13.0 Å². The predicted molar refractivity (Wildman–Crippen MR) is 57.4 cm³/mol. The van der Waals surface area contributed by atoms with Gasteiger partial charge in [0.25, 0.3) is 0 Å². The molecule has 0 heterocycles. The molecule has 0 aliphatic heterocycles. The summed E-state index contributed by atoms with van der Waals surface area (Å²) in [6.45, 7) is 13.9. The maximum atomic E-state index is 8.06. The molecule has 2 nitrogen and oxygen atoms in total. The second-order valence-electron chi connectivity index (χ2n) is 2.83. The molecule has 0 atom stereocenters. The third kappa shape index (κ3) is 123000. The molecular formula is C10H28O2. The van der Waals surface area contributed by atoms with Crippen molar-refractivity contribution in [2.75, 3.05) is 7.11 Å². The molecule has 0 rings (SSSR count). The van der Waals surface area contributed by atoms with Crippen molar-refractivity contribution < 1.29 is 10.2 Å². The SMILES string of the molecule is CC.CC(C)C.CC(C)O.CO. The largest absolute Gasteiger partial charge is 0.400 e. The lowest BCUT2D eigenvalue weighted by Crippen LogP contribution is -1.85. The van der Waals surface area contributed by atoms with E-state index >= 15 is 0 Å². The summed E-state index contributed by atoms with van der Waals surface area (Å²) in [4.78, 5) is 0. The molecule has 2 N–H and O–H groups in total.